The zero-order valence-electron chi connectivity index (χ0n) is 6.00. The third kappa shape index (κ3) is 1.43. The molecule has 1 heterocycles. The van der Waals surface area contributed by atoms with Gasteiger partial charge < -0.3 is 9.84 Å². The van der Waals surface area contributed by atoms with Gasteiger partial charge in [0, 0.05) is 0 Å². The zero-order valence-corrected chi connectivity index (χ0v) is 6.00. The van der Waals surface area contributed by atoms with E-state index in [0.717, 1.165) is 6.42 Å². The fourth-order valence-corrected chi connectivity index (χ4v) is 1.04. The molecule has 1 fully saturated rings. The summed E-state index contributed by atoms with van der Waals surface area (Å²) in [5, 5.41) is 8.60. The predicted octanol–water partition coefficient (Wildman–Crippen LogP) is 0.792. The molecule has 1 aliphatic rings. The van der Waals surface area contributed by atoms with Crippen LogP contribution < -0.4 is 0 Å². The Morgan fingerprint density at radius 3 is 2.67 bits per heavy atom. The first-order valence-corrected chi connectivity index (χ1v) is 3.56. The second kappa shape index (κ2) is 2.67. The highest BCUT2D eigenvalue weighted by molar-refractivity contribution is 4.87. The summed E-state index contributed by atoms with van der Waals surface area (Å²) in [5.41, 5.74) is 0. The van der Waals surface area contributed by atoms with E-state index < -0.39 is 0 Å². The maximum atomic E-state index is 8.60. The molecule has 9 heavy (non-hydrogen) atoms. The van der Waals surface area contributed by atoms with Crippen LogP contribution in [-0.4, -0.2) is 23.9 Å². The number of ether oxygens (including phenoxy) is 1. The summed E-state index contributed by atoms with van der Waals surface area (Å²) in [4.78, 5) is 0. The Kier molecular flexibility index (Phi) is 2.09. The molecule has 3 atom stereocenters. The van der Waals surface area contributed by atoms with E-state index in [4.69, 9.17) is 9.84 Å². The van der Waals surface area contributed by atoms with Crippen molar-refractivity contribution in [1.29, 1.82) is 0 Å². The lowest BCUT2D eigenvalue weighted by Crippen LogP contribution is -2.07. The van der Waals surface area contributed by atoms with Crippen LogP contribution in [0.1, 0.15) is 20.3 Å². The fraction of sp³-hybridized carbons (Fsp3) is 1.00. The van der Waals surface area contributed by atoms with Gasteiger partial charge in [-0.1, -0.05) is 20.3 Å². The third-order valence-corrected chi connectivity index (χ3v) is 2.01. The average molecular weight is 130 g/mol. The van der Waals surface area contributed by atoms with Gasteiger partial charge in [-0.25, -0.2) is 0 Å². The van der Waals surface area contributed by atoms with Crippen LogP contribution in [0, 0.1) is 5.92 Å². The molecule has 0 spiro atoms. The summed E-state index contributed by atoms with van der Waals surface area (Å²) in [6.07, 6.45) is 1.64. The van der Waals surface area contributed by atoms with Gasteiger partial charge >= 0.3 is 0 Å². The fourth-order valence-electron chi connectivity index (χ4n) is 1.04. The summed E-state index contributed by atoms with van der Waals surface area (Å²) in [7, 11) is 0. The second-order valence-corrected chi connectivity index (χ2v) is 2.71. The van der Waals surface area contributed by atoms with Gasteiger partial charge in [0.25, 0.3) is 0 Å². The number of hydrogen-bond donors (Lipinski definition) is 1. The van der Waals surface area contributed by atoms with Crippen LogP contribution in [0.2, 0.25) is 0 Å². The summed E-state index contributed by atoms with van der Waals surface area (Å²) >= 11 is 0. The normalized spacial score (nSPS) is 36.3. The molecule has 0 bridgehead atoms. The molecule has 0 amide bonds. The molecule has 0 aromatic heterocycles. The number of hydrogen-bond acceptors (Lipinski definition) is 2. The second-order valence-electron chi connectivity index (χ2n) is 2.71. The van der Waals surface area contributed by atoms with Crippen molar-refractivity contribution in [1.82, 2.24) is 0 Å². The maximum Gasteiger partial charge on any atom is 0.107 e. The van der Waals surface area contributed by atoms with Crippen LogP contribution in [0.3, 0.4) is 0 Å². The minimum atomic E-state index is 0.153. The van der Waals surface area contributed by atoms with Crippen LogP contribution in [-0.2, 0) is 4.74 Å². The smallest absolute Gasteiger partial charge is 0.107 e. The Labute approximate surface area is 55.8 Å². The van der Waals surface area contributed by atoms with E-state index in [1.165, 1.54) is 0 Å². The van der Waals surface area contributed by atoms with E-state index >= 15 is 0 Å². The molecule has 2 heteroatoms. The lowest BCUT2D eigenvalue weighted by atomic mass is 10.0. The first-order valence-electron chi connectivity index (χ1n) is 3.56. The van der Waals surface area contributed by atoms with Gasteiger partial charge in [0.2, 0.25) is 0 Å². The van der Waals surface area contributed by atoms with Crippen LogP contribution in [0.15, 0.2) is 0 Å². The van der Waals surface area contributed by atoms with E-state index in [1.807, 2.05) is 0 Å². The molecule has 0 radical (unpaired) electrons. The van der Waals surface area contributed by atoms with Gasteiger partial charge in [-0.2, -0.15) is 0 Å². The Bertz CT molecular complexity index is 92.9. The number of epoxide rings is 1. The molecular formula is C7H14O2. The molecule has 1 saturated heterocycles. The van der Waals surface area contributed by atoms with Gasteiger partial charge in [0.05, 0.1) is 12.7 Å². The molecule has 2 unspecified atom stereocenters. The highest BCUT2D eigenvalue weighted by atomic mass is 16.6. The van der Waals surface area contributed by atoms with Crippen molar-refractivity contribution in [3.8, 4) is 0 Å². The Morgan fingerprint density at radius 2 is 2.33 bits per heavy atom. The third-order valence-electron chi connectivity index (χ3n) is 2.01. The average Bonchev–Trinajstić information content (AvgIpc) is 2.64. The van der Waals surface area contributed by atoms with Crippen molar-refractivity contribution < 1.29 is 9.84 Å². The van der Waals surface area contributed by atoms with Gasteiger partial charge in [-0.05, 0) is 5.92 Å². The Balaban J connectivity index is 2.17. The lowest BCUT2D eigenvalue weighted by molar-refractivity contribution is 0.239. The quantitative estimate of drug-likeness (QED) is 0.573. The van der Waals surface area contributed by atoms with Crippen molar-refractivity contribution in [2.45, 2.75) is 32.5 Å². The Hall–Kier alpha value is -0.0800. The van der Waals surface area contributed by atoms with Gasteiger partial charge in [-0.3, -0.25) is 0 Å². The van der Waals surface area contributed by atoms with Crippen LogP contribution in [0.4, 0.5) is 0 Å². The predicted molar refractivity (Wildman–Crippen MR) is 35.2 cm³/mol. The van der Waals surface area contributed by atoms with Crippen LogP contribution in [0.5, 0.6) is 0 Å². The molecule has 1 N–H and O–H groups in total. The molecule has 0 aromatic rings. The van der Waals surface area contributed by atoms with Gasteiger partial charge in [0.15, 0.2) is 0 Å². The molecule has 2 nitrogen and oxygen atoms in total. The van der Waals surface area contributed by atoms with Crippen molar-refractivity contribution in [2.75, 3.05) is 6.61 Å². The SMILES string of the molecule is CC[C@H](C)C1OC1CO. The molecule has 0 aromatic carbocycles. The highest BCUT2D eigenvalue weighted by Crippen LogP contribution is 2.30. The number of aliphatic hydroxyl groups excluding tert-OH is 1. The molecule has 1 aliphatic heterocycles. The summed E-state index contributed by atoms with van der Waals surface area (Å²) in [6, 6.07) is 0. The van der Waals surface area contributed by atoms with E-state index in [1.54, 1.807) is 0 Å². The van der Waals surface area contributed by atoms with Crippen molar-refractivity contribution in [3.05, 3.63) is 0 Å². The van der Waals surface area contributed by atoms with E-state index in [2.05, 4.69) is 13.8 Å². The largest absolute Gasteiger partial charge is 0.394 e. The van der Waals surface area contributed by atoms with Crippen LogP contribution >= 0.6 is 0 Å². The van der Waals surface area contributed by atoms with Crippen molar-refractivity contribution >= 4 is 0 Å². The minimum Gasteiger partial charge on any atom is -0.394 e. The van der Waals surface area contributed by atoms with E-state index in [-0.39, 0.29) is 12.7 Å². The highest BCUT2D eigenvalue weighted by Gasteiger charge is 2.41. The summed E-state index contributed by atoms with van der Waals surface area (Å²) in [5.74, 6) is 0.613. The topological polar surface area (TPSA) is 32.8 Å². The molecule has 0 saturated carbocycles. The first kappa shape index (κ1) is 7.03. The first-order chi connectivity index (χ1) is 4.29. The Morgan fingerprint density at radius 1 is 1.67 bits per heavy atom. The van der Waals surface area contributed by atoms with E-state index in [9.17, 15) is 0 Å². The van der Waals surface area contributed by atoms with E-state index in [0.29, 0.717) is 12.0 Å². The zero-order chi connectivity index (χ0) is 6.85. The van der Waals surface area contributed by atoms with Gasteiger partial charge in [-0.15, -0.1) is 0 Å². The molecule has 0 aliphatic carbocycles. The van der Waals surface area contributed by atoms with Crippen molar-refractivity contribution in [3.63, 3.8) is 0 Å². The molecule has 54 valence electrons. The monoisotopic (exact) mass is 130 g/mol. The number of aliphatic hydroxyl groups is 1. The summed E-state index contributed by atoms with van der Waals surface area (Å²) in [6.45, 7) is 4.48. The standard InChI is InChI=1S/C7H14O2/c1-3-5(2)7-6(4-8)9-7/h5-8H,3-4H2,1-2H3/t5-,6?,7?/m0/s1. The minimum absolute atomic E-state index is 0.153. The number of rotatable bonds is 3. The summed E-state index contributed by atoms with van der Waals surface area (Å²) < 4.78 is 5.17. The van der Waals surface area contributed by atoms with Crippen molar-refractivity contribution in [2.24, 2.45) is 5.92 Å². The van der Waals surface area contributed by atoms with Gasteiger partial charge in [0.1, 0.15) is 6.10 Å². The lowest BCUT2D eigenvalue weighted by Gasteiger charge is -2.00. The molecular weight excluding hydrogens is 116 g/mol. The van der Waals surface area contributed by atoms with Crippen LogP contribution in [0.25, 0.3) is 0 Å². The maximum absolute atomic E-state index is 8.60. The molecule has 1 rings (SSSR count).